The van der Waals surface area contributed by atoms with Crippen molar-refractivity contribution in [2.45, 2.75) is 31.6 Å². The van der Waals surface area contributed by atoms with E-state index in [1.165, 1.54) is 17.7 Å². The zero-order valence-corrected chi connectivity index (χ0v) is 15.0. The number of rotatable bonds is 6. The Kier molecular flexibility index (Phi) is 5.19. The van der Waals surface area contributed by atoms with E-state index < -0.39 is 0 Å². The summed E-state index contributed by atoms with van der Waals surface area (Å²) in [6.45, 7) is 0. The van der Waals surface area contributed by atoms with Crippen molar-refractivity contribution in [3.8, 4) is 11.3 Å². The molecule has 0 saturated carbocycles. The van der Waals surface area contributed by atoms with Gasteiger partial charge < -0.3 is 0 Å². The third-order valence-corrected chi connectivity index (χ3v) is 4.83. The molecule has 1 N–H and O–H groups in total. The highest BCUT2D eigenvalue weighted by Gasteiger charge is 2.22. The number of aliphatic imine (C=N–C) groups is 1. The first-order chi connectivity index (χ1) is 13.3. The lowest BCUT2D eigenvalue weighted by Gasteiger charge is -2.15. The molecule has 0 amide bonds. The van der Waals surface area contributed by atoms with Gasteiger partial charge in [-0.2, -0.15) is 5.10 Å². The van der Waals surface area contributed by atoms with E-state index in [-0.39, 0.29) is 11.7 Å². The number of nitrogens with one attached hydrogen (secondary N) is 1. The summed E-state index contributed by atoms with van der Waals surface area (Å²) in [6, 6.07) is 12.5. The molecular formula is C22H21FN4. The van der Waals surface area contributed by atoms with Gasteiger partial charge in [0.1, 0.15) is 5.82 Å². The van der Waals surface area contributed by atoms with Gasteiger partial charge in [0, 0.05) is 47.0 Å². The molecule has 0 spiro atoms. The van der Waals surface area contributed by atoms with Crippen LogP contribution in [0.25, 0.3) is 11.3 Å². The van der Waals surface area contributed by atoms with E-state index in [9.17, 15) is 4.39 Å². The van der Waals surface area contributed by atoms with Crippen LogP contribution in [-0.4, -0.2) is 21.4 Å². The van der Waals surface area contributed by atoms with E-state index >= 15 is 0 Å². The highest BCUT2D eigenvalue weighted by atomic mass is 19.1. The minimum atomic E-state index is -0.240. The maximum absolute atomic E-state index is 13.3. The second-order valence-electron chi connectivity index (χ2n) is 6.66. The van der Waals surface area contributed by atoms with Crippen molar-refractivity contribution in [2.24, 2.45) is 4.99 Å². The van der Waals surface area contributed by atoms with E-state index in [2.05, 4.69) is 32.3 Å². The molecule has 1 aliphatic rings. The van der Waals surface area contributed by atoms with E-state index in [0.29, 0.717) is 0 Å². The summed E-state index contributed by atoms with van der Waals surface area (Å²) in [5, 5.41) is 7.80. The quantitative estimate of drug-likeness (QED) is 0.683. The first-order valence-electron chi connectivity index (χ1n) is 9.22. The number of pyridine rings is 1. The third-order valence-electron chi connectivity index (χ3n) is 4.83. The van der Waals surface area contributed by atoms with Crippen molar-refractivity contribution in [3.63, 3.8) is 0 Å². The van der Waals surface area contributed by atoms with Crippen LogP contribution in [0.4, 0.5) is 4.39 Å². The highest BCUT2D eigenvalue weighted by Crippen LogP contribution is 2.34. The SMILES string of the molecule is Fc1ccc(-c2n[nH]c(CCCc3ccccn3)c2C2C=CN=CC2)cc1. The van der Waals surface area contributed by atoms with Gasteiger partial charge in [0.2, 0.25) is 0 Å². The Morgan fingerprint density at radius 2 is 1.96 bits per heavy atom. The summed E-state index contributed by atoms with van der Waals surface area (Å²) in [4.78, 5) is 8.58. The zero-order valence-electron chi connectivity index (χ0n) is 15.0. The fourth-order valence-electron chi connectivity index (χ4n) is 3.48. The summed E-state index contributed by atoms with van der Waals surface area (Å²) < 4.78 is 13.3. The van der Waals surface area contributed by atoms with Crippen LogP contribution < -0.4 is 0 Å². The second kappa shape index (κ2) is 8.08. The van der Waals surface area contributed by atoms with Gasteiger partial charge in [-0.15, -0.1) is 0 Å². The van der Waals surface area contributed by atoms with Crippen LogP contribution >= 0.6 is 0 Å². The van der Waals surface area contributed by atoms with Crippen molar-refractivity contribution in [2.75, 3.05) is 0 Å². The number of benzene rings is 1. The molecule has 4 nitrogen and oxygen atoms in total. The van der Waals surface area contributed by atoms with Crippen LogP contribution in [0.3, 0.4) is 0 Å². The lowest BCUT2D eigenvalue weighted by molar-refractivity contribution is 0.628. The minimum Gasteiger partial charge on any atom is -0.282 e. The molecule has 0 bridgehead atoms. The van der Waals surface area contributed by atoms with Crippen LogP contribution in [0.5, 0.6) is 0 Å². The minimum absolute atomic E-state index is 0.228. The highest BCUT2D eigenvalue weighted by molar-refractivity contribution is 5.69. The molecule has 0 fully saturated rings. The summed E-state index contributed by atoms with van der Waals surface area (Å²) in [5.41, 5.74) is 5.24. The van der Waals surface area contributed by atoms with Gasteiger partial charge >= 0.3 is 0 Å². The fourth-order valence-corrected chi connectivity index (χ4v) is 3.48. The van der Waals surface area contributed by atoms with Crippen molar-refractivity contribution >= 4 is 6.21 Å². The number of halogens is 1. The van der Waals surface area contributed by atoms with Gasteiger partial charge in [0.25, 0.3) is 0 Å². The van der Waals surface area contributed by atoms with E-state index in [0.717, 1.165) is 48.3 Å². The molecule has 0 saturated heterocycles. The Labute approximate surface area is 157 Å². The van der Waals surface area contributed by atoms with Crippen LogP contribution in [0.15, 0.2) is 65.9 Å². The average Bonchev–Trinajstić information content (AvgIpc) is 3.14. The van der Waals surface area contributed by atoms with Gasteiger partial charge in [0.05, 0.1) is 5.69 Å². The summed E-state index contributed by atoms with van der Waals surface area (Å²) in [5.74, 6) is -0.0118. The number of nitrogens with zero attached hydrogens (tertiary/aromatic N) is 3. The Hall–Kier alpha value is -3.08. The molecule has 0 aliphatic carbocycles. The number of H-pyrrole nitrogens is 1. The van der Waals surface area contributed by atoms with Gasteiger partial charge in [-0.3, -0.25) is 15.1 Å². The maximum Gasteiger partial charge on any atom is 0.123 e. The van der Waals surface area contributed by atoms with Crippen molar-refractivity contribution in [1.82, 2.24) is 15.2 Å². The molecule has 136 valence electrons. The van der Waals surface area contributed by atoms with Crippen LogP contribution in [-0.2, 0) is 12.8 Å². The molecule has 27 heavy (non-hydrogen) atoms. The van der Waals surface area contributed by atoms with Crippen LogP contribution in [0.2, 0.25) is 0 Å². The van der Waals surface area contributed by atoms with Crippen LogP contribution in [0.1, 0.15) is 35.7 Å². The Balaban J connectivity index is 1.59. The summed E-state index contributed by atoms with van der Waals surface area (Å²) in [6.07, 6.45) is 11.4. The lowest BCUT2D eigenvalue weighted by atomic mass is 9.89. The van der Waals surface area contributed by atoms with Crippen LogP contribution in [0, 0.1) is 5.82 Å². The lowest BCUT2D eigenvalue weighted by Crippen LogP contribution is -2.04. The molecule has 3 heterocycles. The van der Waals surface area contributed by atoms with E-state index in [4.69, 9.17) is 0 Å². The molecule has 1 aromatic carbocycles. The number of hydrogen-bond donors (Lipinski definition) is 1. The molecule has 2 aromatic heterocycles. The Morgan fingerprint density at radius 3 is 2.70 bits per heavy atom. The molecule has 4 rings (SSSR count). The van der Waals surface area contributed by atoms with E-state index in [1.807, 2.05) is 30.7 Å². The van der Waals surface area contributed by atoms with Gasteiger partial charge in [-0.05, 0) is 62.1 Å². The number of aryl methyl sites for hydroxylation is 2. The Bertz CT molecular complexity index is 942. The molecule has 1 atom stereocenters. The van der Waals surface area contributed by atoms with Crippen molar-refractivity contribution in [3.05, 3.63) is 83.7 Å². The summed E-state index contributed by atoms with van der Waals surface area (Å²) >= 11 is 0. The fraction of sp³-hybridized carbons (Fsp3) is 0.227. The number of aromatic amines is 1. The molecule has 1 aliphatic heterocycles. The first kappa shape index (κ1) is 17.3. The van der Waals surface area contributed by atoms with E-state index in [1.54, 1.807) is 12.1 Å². The zero-order chi connectivity index (χ0) is 18.5. The monoisotopic (exact) mass is 360 g/mol. The number of aromatic nitrogens is 3. The molecular weight excluding hydrogens is 339 g/mol. The normalized spacial score (nSPS) is 16.0. The van der Waals surface area contributed by atoms with Crippen molar-refractivity contribution in [1.29, 1.82) is 0 Å². The predicted octanol–water partition coefficient (Wildman–Crippen LogP) is 4.86. The number of allylic oxidation sites excluding steroid dienone is 1. The Morgan fingerprint density at radius 1 is 1.07 bits per heavy atom. The molecule has 1 unspecified atom stereocenters. The van der Waals surface area contributed by atoms with Crippen molar-refractivity contribution < 1.29 is 4.39 Å². The smallest absolute Gasteiger partial charge is 0.123 e. The maximum atomic E-state index is 13.3. The molecule has 0 radical (unpaired) electrons. The van der Waals surface area contributed by atoms with Gasteiger partial charge in [-0.25, -0.2) is 4.39 Å². The van der Waals surface area contributed by atoms with Gasteiger partial charge in [0.15, 0.2) is 0 Å². The first-order valence-corrected chi connectivity index (χ1v) is 9.22. The van der Waals surface area contributed by atoms with Gasteiger partial charge in [-0.1, -0.05) is 12.1 Å². The molecule has 5 heteroatoms. The molecule has 3 aromatic rings. The average molecular weight is 360 g/mol. The summed E-state index contributed by atoms with van der Waals surface area (Å²) in [7, 11) is 0. The largest absolute Gasteiger partial charge is 0.282 e. The predicted molar refractivity (Wildman–Crippen MR) is 105 cm³/mol. The topological polar surface area (TPSA) is 53.9 Å². The number of hydrogen-bond acceptors (Lipinski definition) is 3. The third kappa shape index (κ3) is 4.03. The standard InChI is InChI=1S/C22H21FN4/c23-18-9-7-17(8-10-18)22-21(16-11-14-24-15-12-16)20(26-27-22)6-3-5-19-4-1-2-13-25-19/h1-2,4,7-11,13-16H,3,5-6,12H2,(H,26,27). The second-order valence-corrected chi connectivity index (χ2v) is 6.66.